The maximum atomic E-state index is 12.2. The molecule has 0 aliphatic carbocycles. The van der Waals surface area contributed by atoms with Crippen molar-refractivity contribution in [3.8, 4) is 0 Å². The third-order valence-corrected chi connectivity index (χ3v) is 1.91. The summed E-state index contributed by atoms with van der Waals surface area (Å²) in [6.07, 6.45) is -12.4. The lowest BCUT2D eigenvalue weighted by Gasteiger charge is -2.18. The molecule has 0 aromatic rings. The average molecular weight is 297 g/mol. The fourth-order valence-electron chi connectivity index (χ4n) is 0.306. The number of halogens is 8. The minimum atomic E-state index is -6.35. The van der Waals surface area contributed by atoms with Crippen molar-refractivity contribution in [3.05, 3.63) is 11.2 Å². The van der Waals surface area contributed by atoms with Crippen molar-refractivity contribution in [3.63, 3.8) is 0 Å². The van der Waals surface area contributed by atoms with Gasteiger partial charge in [-0.3, -0.25) is 0 Å². The second kappa shape index (κ2) is 4.28. The molecule has 16 heavy (non-hydrogen) atoms. The van der Waals surface area contributed by atoms with Crippen molar-refractivity contribution in [2.24, 2.45) is 0 Å². The van der Waals surface area contributed by atoms with Crippen LogP contribution in [0, 0.1) is 0 Å². The summed E-state index contributed by atoms with van der Waals surface area (Å²) in [5.41, 5.74) is 0. The van der Waals surface area contributed by atoms with E-state index in [9.17, 15) is 39.2 Å². The van der Waals surface area contributed by atoms with Gasteiger partial charge >= 0.3 is 23.5 Å². The van der Waals surface area contributed by atoms with Crippen LogP contribution < -0.4 is 0 Å². The number of hydrogen-bond acceptors (Lipinski definition) is 3. The first-order chi connectivity index (χ1) is 6.79. The van der Waals surface area contributed by atoms with E-state index < -0.39 is 32.5 Å². The smallest absolute Gasteiger partial charge is 0.397 e. The van der Waals surface area contributed by atoms with E-state index in [1.54, 1.807) is 0 Å². The Morgan fingerprint density at radius 3 is 1.69 bits per heavy atom. The SMILES string of the molecule is O=S(=O)(Cl)C(F)=C(F)OC(F)(F)C(F)(F)F. The van der Waals surface area contributed by atoms with Crippen LogP contribution in [0.5, 0.6) is 0 Å². The summed E-state index contributed by atoms with van der Waals surface area (Å²) in [5, 5.41) is -3.09. The monoisotopic (exact) mass is 296 g/mol. The highest BCUT2D eigenvalue weighted by Crippen LogP contribution is 2.39. The van der Waals surface area contributed by atoms with Gasteiger partial charge in [-0.1, -0.05) is 0 Å². The molecule has 12 heteroatoms. The first-order valence-corrected chi connectivity index (χ1v) is 5.23. The largest absolute Gasteiger partial charge is 0.500 e. The first-order valence-electron chi connectivity index (χ1n) is 2.92. The second-order valence-electron chi connectivity index (χ2n) is 2.10. The van der Waals surface area contributed by atoms with Gasteiger partial charge in [0, 0.05) is 10.7 Å². The molecule has 0 heterocycles. The fourth-order valence-corrected chi connectivity index (χ4v) is 0.722. The first kappa shape index (κ1) is 15.3. The van der Waals surface area contributed by atoms with Gasteiger partial charge in [0.15, 0.2) is 0 Å². The lowest BCUT2D eigenvalue weighted by Crippen LogP contribution is -2.38. The molecule has 0 radical (unpaired) electrons. The predicted octanol–water partition coefficient (Wildman–Crippen LogP) is 2.79. The van der Waals surface area contributed by atoms with Crippen LogP contribution in [0.15, 0.2) is 11.2 Å². The van der Waals surface area contributed by atoms with Crippen molar-refractivity contribution in [2.75, 3.05) is 0 Å². The van der Waals surface area contributed by atoms with E-state index >= 15 is 0 Å². The number of alkyl halides is 5. The fraction of sp³-hybridized carbons (Fsp3) is 0.500. The van der Waals surface area contributed by atoms with Gasteiger partial charge in [0.25, 0.3) is 9.05 Å². The normalized spacial score (nSPS) is 15.8. The quantitative estimate of drug-likeness (QED) is 0.457. The van der Waals surface area contributed by atoms with Gasteiger partial charge in [-0.05, 0) is 0 Å². The van der Waals surface area contributed by atoms with Crippen molar-refractivity contribution in [2.45, 2.75) is 12.3 Å². The molecule has 0 rings (SSSR count). The van der Waals surface area contributed by atoms with E-state index in [0.717, 1.165) is 0 Å². The maximum Gasteiger partial charge on any atom is 0.500 e. The average Bonchev–Trinajstić information content (AvgIpc) is 1.97. The molecule has 0 aromatic carbocycles. The summed E-state index contributed by atoms with van der Waals surface area (Å²) >= 11 is 0. The Bertz CT molecular complexity index is 396. The molecular formula is C4ClF7O3S. The van der Waals surface area contributed by atoms with Crippen LogP contribution in [0.2, 0.25) is 0 Å². The third kappa shape index (κ3) is 3.70. The molecule has 0 unspecified atom stereocenters. The van der Waals surface area contributed by atoms with Gasteiger partial charge in [-0.25, -0.2) is 8.42 Å². The van der Waals surface area contributed by atoms with Crippen molar-refractivity contribution >= 4 is 19.7 Å². The molecule has 0 aliphatic rings. The Morgan fingerprint density at radius 2 is 1.44 bits per heavy atom. The highest BCUT2D eigenvalue weighted by molar-refractivity contribution is 8.16. The molecule has 0 saturated carbocycles. The maximum absolute atomic E-state index is 12.2. The molecule has 0 atom stereocenters. The van der Waals surface area contributed by atoms with Crippen LogP contribution >= 0.6 is 10.7 Å². The van der Waals surface area contributed by atoms with Crippen molar-refractivity contribution < 1.29 is 43.9 Å². The predicted molar refractivity (Wildman–Crippen MR) is 36.1 cm³/mol. The van der Waals surface area contributed by atoms with E-state index in [1.807, 2.05) is 0 Å². The molecule has 0 aliphatic heterocycles. The molecule has 0 N–H and O–H groups in total. The number of hydrogen-bond donors (Lipinski definition) is 0. The summed E-state index contributed by atoms with van der Waals surface area (Å²) in [5.74, 6) is 0. The molecule has 96 valence electrons. The third-order valence-electron chi connectivity index (χ3n) is 0.916. The molecule has 0 spiro atoms. The highest BCUT2D eigenvalue weighted by Gasteiger charge is 2.62. The van der Waals surface area contributed by atoms with E-state index in [1.165, 1.54) is 0 Å². The van der Waals surface area contributed by atoms with Gasteiger partial charge in [-0.15, -0.1) is 0 Å². The van der Waals surface area contributed by atoms with Crippen LogP contribution in [0.4, 0.5) is 30.7 Å². The highest BCUT2D eigenvalue weighted by atomic mass is 35.7. The Kier molecular flexibility index (Phi) is 4.09. The van der Waals surface area contributed by atoms with Crippen molar-refractivity contribution in [1.82, 2.24) is 0 Å². The molecule has 0 amide bonds. The molecular weight excluding hydrogens is 297 g/mol. The standard InChI is InChI=1S/C4ClF7O3S/c5-16(13,14)2(7)1(6)15-4(11,12)3(8,9)10. The molecule has 0 aromatic heterocycles. The van der Waals surface area contributed by atoms with Crippen LogP contribution in [-0.4, -0.2) is 20.7 Å². The lowest BCUT2D eigenvalue weighted by molar-refractivity contribution is -0.384. The Labute approximate surface area is 87.8 Å². The van der Waals surface area contributed by atoms with Crippen molar-refractivity contribution in [1.29, 1.82) is 0 Å². The lowest BCUT2D eigenvalue weighted by atomic mass is 10.6. The number of rotatable bonds is 3. The second-order valence-corrected chi connectivity index (χ2v) is 4.55. The zero-order valence-electron chi connectivity index (χ0n) is 6.66. The minimum Gasteiger partial charge on any atom is -0.397 e. The van der Waals surface area contributed by atoms with E-state index in [2.05, 4.69) is 15.4 Å². The molecule has 3 nitrogen and oxygen atoms in total. The van der Waals surface area contributed by atoms with E-state index in [-0.39, 0.29) is 0 Å². The van der Waals surface area contributed by atoms with Crippen LogP contribution in [-0.2, 0) is 13.8 Å². The van der Waals surface area contributed by atoms with Gasteiger partial charge in [-0.2, -0.15) is 30.7 Å². The number of ether oxygens (including phenoxy) is 1. The Hall–Kier alpha value is -0.710. The topological polar surface area (TPSA) is 43.4 Å². The summed E-state index contributed by atoms with van der Waals surface area (Å²) < 4.78 is 104. The summed E-state index contributed by atoms with van der Waals surface area (Å²) in [6.45, 7) is 0. The summed E-state index contributed by atoms with van der Waals surface area (Å²) in [4.78, 5) is 0. The van der Waals surface area contributed by atoms with Gasteiger partial charge in [0.05, 0.1) is 0 Å². The van der Waals surface area contributed by atoms with Gasteiger partial charge in [0.2, 0.25) is 0 Å². The molecule has 0 saturated heterocycles. The Morgan fingerprint density at radius 1 is 1.06 bits per heavy atom. The van der Waals surface area contributed by atoms with Crippen LogP contribution in [0.1, 0.15) is 0 Å². The Balaban J connectivity index is 5.18. The molecule has 0 bridgehead atoms. The van der Waals surface area contributed by atoms with Gasteiger partial charge in [0.1, 0.15) is 0 Å². The summed E-state index contributed by atoms with van der Waals surface area (Å²) in [6, 6.07) is -3.29. The minimum absolute atomic E-state index is 2.21. The van der Waals surface area contributed by atoms with E-state index in [0.29, 0.717) is 0 Å². The zero-order valence-corrected chi connectivity index (χ0v) is 8.23. The van der Waals surface area contributed by atoms with Gasteiger partial charge < -0.3 is 4.74 Å². The van der Waals surface area contributed by atoms with Crippen LogP contribution in [0.3, 0.4) is 0 Å². The zero-order chi connectivity index (χ0) is 13.4. The van der Waals surface area contributed by atoms with E-state index in [4.69, 9.17) is 0 Å². The molecule has 0 fully saturated rings. The van der Waals surface area contributed by atoms with Crippen LogP contribution in [0.25, 0.3) is 0 Å². The summed E-state index contributed by atoms with van der Waals surface area (Å²) in [7, 11) is -1.32.